The number of piperidine rings is 1. The number of benzene rings is 1. The molecule has 0 spiro atoms. The van der Waals surface area contributed by atoms with Crippen molar-refractivity contribution in [2.24, 2.45) is 0 Å². The number of carbonyl (C=O) groups excluding carboxylic acids is 1. The van der Waals surface area contributed by atoms with Gasteiger partial charge in [-0.05, 0) is 37.5 Å². The number of nitrogens with zero attached hydrogens (tertiary/aromatic N) is 1. The van der Waals surface area contributed by atoms with E-state index in [1.54, 1.807) is 11.0 Å². The van der Waals surface area contributed by atoms with E-state index in [2.05, 4.69) is 0 Å². The standard InChI is InChI=1S/C16H21NO5/c1-11-7-13-14(22-6-5-21-13)8-12(11)15(19)17-4-2-3-16(20,9-17)10-18/h7-8,18,20H,2-6,9-10H2,1H3. The van der Waals surface area contributed by atoms with Gasteiger partial charge in [0.15, 0.2) is 11.5 Å². The molecule has 2 N–H and O–H groups in total. The highest BCUT2D eigenvalue weighted by Crippen LogP contribution is 2.34. The molecule has 22 heavy (non-hydrogen) atoms. The van der Waals surface area contributed by atoms with E-state index >= 15 is 0 Å². The van der Waals surface area contributed by atoms with Gasteiger partial charge < -0.3 is 24.6 Å². The van der Waals surface area contributed by atoms with E-state index in [1.165, 1.54) is 0 Å². The number of hydrogen-bond donors (Lipinski definition) is 2. The third-order valence-corrected chi connectivity index (χ3v) is 4.26. The molecule has 1 amide bonds. The maximum Gasteiger partial charge on any atom is 0.254 e. The Hall–Kier alpha value is -1.79. The molecule has 120 valence electrons. The van der Waals surface area contributed by atoms with Crippen LogP contribution in [-0.2, 0) is 0 Å². The highest BCUT2D eigenvalue weighted by molar-refractivity contribution is 5.96. The number of rotatable bonds is 2. The maximum absolute atomic E-state index is 12.7. The second-order valence-electron chi connectivity index (χ2n) is 6.02. The first-order chi connectivity index (χ1) is 10.5. The maximum atomic E-state index is 12.7. The van der Waals surface area contributed by atoms with E-state index in [9.17, 15) is 15.0 Å². The van der Waals surface area contributed by atoms with Crippen molar-refractivity contribution in [3.8, 4) is 11.5 Å². The predicted molar refractivity (Wildman–Crippen MR) is 79.3 cm³/mol. The Labute approximate surface area is 129 Å². The SMILES string of the molecule is Cc1cc2c(cc1C(=O)N1CCCC(O)(CO)C1)OCCO2. The lowest BCUT2D eigenvalue weighted by Gasteiger charge is -2.38. The average molecular weight is 307 g/mol. The molecule has 0 radical (unpaired) electrons. The molecule has 0 aliphatic carbocycles. The Kier molecular flexibility index (Phi) is 3.97. The van der Waals surface area contributed by atoms with Crippen molar-refractivity contribution in [1.82, 2.24) is 4.90 Å². The van der Waals surface area contributed by atoms with Gasteiger partial charge in [-0.15, -0.1) is 0 Å². The zero-order valence-corrected chi connectivity index (χ0v) is 12.7. The summed E-state index contributed by atoms with van der Waals surface area (Å²) in [5.74, 6) is 1.08. The minimum atomic E-state index is -1.20. The van der Waals surface area contributed by atoms with Gasteiger partial charge in [0.2, 0.25) is 0 Å². The minimum Gasteiger partial charge on any atom is -0.486 e. The molecule has 1 aromatic rings. The number of carbonyl (C=O) groups is 1. The summed E-state index contributed by atoms with van der Waals surface area (Å²) < 4.78 is 11.0. The van der Waals surface area contributed by atoms with Crippen molar-refractivity contribution in [3.05, 3.63) is 23.3 Å². The van der Waals surface area contributed by atoms with Gasteiger partial charge >= 0.3 is 0 Å². The van der Waals surface area contributed by atoms with Crippen LogP contribution in [0.5, 0.6) is 11.5 Å². The van der Waals surface area contributed by atoms with Crippen LogP contribution < -0.4 is 9.47 Å². The van der Waals surface area contributed by atoms with E-state index in [0.29, 0.717) is 49.7 Å². The van der Waals surface area contributed by atoms with Crippen LogP contribution in [0.15, 0.2) is 12.1 Å². The molecule has 1 unspecified atom stereocenters. The van der Waals surface area contributed by atoms with E-state index in [0.717, 1.165) is 5.56 Å². The van der Waals surface area contributed by atoms with Crippen LogP contribution >= 0.6 is 0 Å². The monoisotopic (exact) mass is 307 g/mol. The van der Waals surface area contributed by atoms with Gasteiger partial charge in [0.25, 0.3) is 5.91 Å². The fourth-order valence-electron chi connectivity index (χ4n) is 3.01. The third kappa shape index (κ3) is 2.76. The molecule has 2 aliphatic heterocycles. The summed E-state index contributed by atoms with van der Waals surface area (Å²) in [6, 6.07) is 3.52. The molecule has 1 aromatic carbocycles. The van der Waals surface area contributed by atoms with Crippen molar-refractivity contribution in [2.45, 2.75) is 25.4 Å². The number of hydrogen-bond acceptors (Lipinski definition) is 5. The van der Waals surface area contributed by atoms with Gasteiger partial charge in [-0.2, -0.15) is 0 Å². The number of aliphatic hydroxyl groups is 2. The Morgan fingerprint density at radius 1 is 1.32 bits per heavy atom. The highest BCUT2D eigenvalue weighted by Gasteiger charge is 2.35. The zero-order valence-electron chi connectivity index (χ0n) is 12.7. The van der Waals surface area contributed by atoms with Crippen molar-refractivity contribution < 1.29 is 24.5 Å². The molecular weight excluding hydrogens is 286 g/mol. The Morgan fingerprint density at radius 3 is 2.68 bits per heavy atom. The number of fused-ring (bicyclic) bond motifs is 1. The normalized spacial score (nSPS) is 24.2. The first-order valence-electron chi connectivity index (χ1n) is 7.55. The zero-order chi connectivity index (χ0) is 15.7. The van der Waals surface area contributed by atoms with Crippen LogP contribution in [0, 0.1) is 6.92 Å². The summed E-state index contributed by atoms with van der Waals surface area (Å²) in [5.41, 5.74) is 0.161. The summed E-state index contributed by atoms with van der Waals surface area (Å²) in [6.45, 7) is 3.23. The van der Waals surface area contributed by atoms with Gasteiger partial charge in [-0.3, -0.25) is 4.79 Å². The van der Waals surface area contributed by atoms with Gasteiger partial charge in [-0.25, -0.2) is 0 Å². The van der Waals surface area contributed by atoms with Crippen LogP contribution in [0.25, 0.3) is 0 Å². The van der Waals surface area contributed by atoms with Gasteiger partial charge in [0, 0.05) is 12.1 Å². The predicted octanol–water partition coefficient (Wildman–Crippen LogP) is 0.726. The summed E-state index contributed by atoms with van der Waals surface area (Å²) in [4.78, 5) is 14.3. The highest BCUT2D eigenvalue weighted by atomic mass is 16.6. The molecular formula is C16H21NO5. The second-order valence-corrected chi connectivity index (χ2v) is 6.02. The van der Waals surface area contributed by atoms with Crippen LogP contribution in [0.1, 0.15) is 28.8 Å². The number of β-amino-alcohol motifs (C(OH)–C–C–N with tert-alkyl or cyclic N) is 1. The topological polar surface area (TPSA) is 79.2 Å². The Balaban J connectivity index is 1.85. The van der Waals surface area contributed by atoms with Crippen molar-refractivity contribution in [3.63, 3.8) is 0 Å². The largest absolute Gasteiger partial charge is 0.486 e. The van der Waals surface area contributed by atoms with Crippen LogP contribution in [0.4, 0.5) is 0 Å². The number of aliphatic hydroxyl groups excluding tert-OH is 1. The quantitative estimate of drug-likeness (QED) is 0.842. The van der Waals surface area contributed by atoms with Crippen LogP contribution in [0.2, 0.25) is 0 Å². The lowest BCUT2D eigenvalue weighted by atomic mass is 9.93. The number of likely N-dealkylation sites (tertiary alicyclic amines) is 1. The first kappa shape index (κ1) is 15.1. The summed E-state index contributed by atoms with van der Waals surface area (Å²) >= 11 is 0. The fourth-order valence-corrected chi connectivity index (χ4v) is 3.01. The lowest BCUT2D eigenvalue weighted by Crippen LogP contribution is -2.52. The summed E-state index contributed by atoms with van der Waals surface area (Å²) in [5, 5.41) is 19.5. The third-order valence-electron chi connectivity index (χ3n) is 4.26. The van der Waals surface area contributed by atoms with Gasteiger partial charge in [0.05, 0.1) is 13.2 Å². The van der Waals surface area contributed by atoms with E-state index in [1.807, 2.05) is 13.0 Å². The number of amides is 1. The number of aryl methyl sites for hydroxylation is 1. The van der Waals surface area contributed by atoms with Gasteiger partial charge in [0.1, 0.15) is 18.8 Å². The molecule has 3 rings (SSSR count). The van der Waals surface area contributed by atoms with Crippen LogP contribution in [0.3, 0.4) is 0 Å². The molecule has 6 heteroatoms. The average Bonchev–Trinajstić information content (AvgIpc) is 2.53. The van der Waals surface area contributed by atoms with Crippen LogP contribution in [-0.4, -0.2) is 59.5 Å². The molecule has 0 bridgehead atoms. The van der Waals surface area contributed by atoms with Crippen molar-refractivity contribution in [2.75, 3.05) is 32.9 Å². The minimum absolute atomic E-state index is 0.149. The lowest BCUT2D eigenvalue weighted by molar-refractivity contribution is -0.0598. The molecule has 0 aromatic heterocycles. The molecule has 6 nitrogen and oxygen atoms in total. The number of ether oxygens (including phenoxy) is 2. The van der Waals surface area contributed by atoms with Gasteiger partial charge in [-0.1, -0.05) is 0 Å². The molecule has 1 fully saturated rings. The van der Waals surface area contributed by atoms with E-state index in [-0.39, 0.29) is 19.1 Å². The van der Waals surface area contributed by atoms with E-state index < -0.39 is 5.60 Å². The fraction of sp³-hybridized carbons (Fsp3) is 0.562. The molecule has 0 saturated carbocycles. The first-order valence-corrected chi connectivity index (χ1v) is 7.55. The molecule has 2 aliphatic rings. The Morgan fingerprint density at radius 2 is 2.00 bits per heavy atom. The Bertz CT molecular complexity index is 588. The summed E-state index contributed by atoms with van der Waals surface area (Å²) in [7, 11) is 0. The summed E-state index contributed by atoms with van der Waals surface area (Å²) in [6.07, 6.45) is 1.18. The smallest absolute Gasteiger partial charge is 0.254 e. The molecule has 1 atom stereocenters. The molecule has 1 saturated heterocycles. The van der Waals surface area contributed by atoms with E-state index in [4.69, 9.17) is 9.47 Å². The van der Waals surface area contributed by atoms with Crippen molar-refractivity contribution in [1.29, 1.82) is 0 Å². The second kappa shape index (κ2) is 5.78. The molecule has 2 heterocycles. The van der Waals surface area contributed by atoms with Crippen molar-refractivity contribution >= 4 is 5.91 Å².